The third-order valence-electron chi connectivity index (χ3n) is 4.25. The Morgan fingerprint density at radius 2 is 1.77 bits per heavy atom. The van der Waals surface area contributed by atoms with E-state index >= 15 is 0 Å². The summed E-state index contributed by atoms with van der Waals surface area (Å²) in [5, 5.41) is 0. The van der Waals surface area contributed by atoms with Gasteiger partial charge >= 0.3 is 0 Å². The second-order valence-corrected chi connectivity index (χ2v) is 7.25. The fourth-order valence-corrected chi connectivity index (χ4v) is 3.92. The SMILES string of the molecule is CN(Cc1ccccc1)C(=O)c1ccc(-c2ccc3c(c2)OCCO3)s1. The van der Waals surface area contributed by atoms with Gasteiger partial charge in [-0.3, -0.25) is 4.79 Å². The van der Waals surface area contributed by atoms with Gasteiger partial charge in [-0.2, -0.15) is 0 Å². The van der Waals surface area contributed by atoms with Gasteiger partial charge in [0.05, 0.1) is 4.88 Å². The summed E-state index contributed by atoms with van der Waals surface area (Å²) in [6.07, 6.45) is 0. The van der Waals surface area contributed by atoms with Crippen molar-refractivity contribution < 1.29 is 14.3 Å². The second-order valence-electron chi connectivity index (χ2n) is 6.17. The molecule has 1 aliphatic heterocycles. The molecule has 1 amide bonds. The largest absolute Gasteiger partial charge is 0.486 e. The normalized spacial score (nSPS) is 12.7. The molecule has 1 aliphatic rings. The van der Waals surface area contributed by atoms with Gasteiger partial charge in [0.25, 0.3) is 5.91 Å². The molecular weight excluding hydrogens is 346 g/mol. The average molecular weight is 365 g/mol. The third-order valence-corrected chi connectivity index (χ3v) is 5.38. The monoisotopic (exact) mass is 365 g/mol. The van der Waals surface area contributed by atoms with Crippen LogP contribution in [-0.4, -0.2) is 31.1 Å². The van der Waals surface area contributed by atoms with E-state index < -0.39 is 0 Å². The lowest BCUT2D eigenvalue weighted by Gasteiger charge is -2.18. The quantitative estimate of drug-likeness (QED) is 0.685. The summed E-state index contributed by atoms with van der Waals surface area (Å²) in [4.78, 5) is 16.2. The maximum Gasteiger partial charge on any atom is 0.263 e. The van der Waals surface area contributed by atoms with Crippen LogP contribution in [-0.2, 0) is 6.54 Å². The highest BCUT2D eigenvalue weighted by atomic mass is 32.1. The number of fused-ring (bicyclic) bond motifs is 1. The van der Waals surface area contributed by atoms with E-state index in [-0.39, 0.29) is 5.91 Å². The molecule has 0 aliphatic carbocycles. The van der Waals surface area contributed by atoms with Crippen molar-refractivity contribution in [2.45, 2.75) is 6.54 Å². The first-order valence-corrected chi connectivity index (χ1v) is 9.31. The molecule has 4 rings (SSSR count). The Morgan fingerprint density at radius 1 is 1.00 bits per heavy atom. The van der Waals surface area contributed by atoms with Crippen LogP contribution in [0.2, 0.25) is 0 Å². The standard InChI is InChI=1S/C21H19NO3S/c1-22(14-15-5-3-2-4-6-15)21(23)20-10-9-19(26-20)16-7-8-17-18(13-16)25-12-11-24-17/h2-10,13H,11-12,14H2,1H3. The predicted octanol–water partition coefficient (Wildman–Crippen LogP) is 4.46. The van der Waals surface area contributed by atoms with Crippen LogP contribution in [0.25, 0.3) is 10.4 Å². The molecule has 0 fully saturated rings. The van der Waals surface area contributed by atoms with Gasteiger partial charge in [0.1, 0.15) is 13.2 Å². The maximum atomic E-state index is 12.7. The van der Waals surface area contributed by atoms with Crippen molar-refractivity contribution in [3.8, 4) is 21.9 Å². The van der Waals surface area contributed by atoms with E-state index in [4.69, 9.17) is 9.47 Å². The van der Waals surface area contributed by atoms with E-state index in [2.05, 4.69) is 0 Å². The highest BCUT2D eigenvalue weighted by molar-refractivity contribution is 7.17. The summed E-state index contributed by atoms with van der Waals surface area (Å²) < 4.78 is 11.2. The van der Waals surface area contributed by atoms with Gasteiger partial charge in [-0.25, -0.2) is 0 Å². The van der Waals surface area contributed by atoms with Gasteiger partial charge in [-0.1, -0.05) is 30.3 Å². The zero-order valence-electron chi connectivity index (χ0n) is 14.5. The van der Waals surface area contributed by atoms with Crippen molar-refractivity contribution in [3.63, 3.8) is 0 Å². The number of thiophene rings is 1. The molecule has 0 spiro atoms. The van der Waals surface area contributed by atoms with Crippen LogP contribution in [0.5, 0.6) is 11.5 Å². The number of carbonyl (C=O) groups is 1. The summed E-state index contributed by atoms with van der Waals surface area (Å²) >= 11 is 1.50. The first kappa shape index (κ1) is 16.7. The minimum Gasteiger partial charge on any atom is -0.486 e. The summed E-state index contributed by atoms with van der Waals surface area (Å²) in [5.41, 5.74) is 2.15. The Bertz CT molecular complexity index is 920. The zero-order chi connectivity index (χ0) is 17.9. The number of nitrogens with zero attached hydrogens (tertiary/aromatic N) is 1. The highest BCUT2D eigenvalue weighted by Gasteiger charge is 2.17. The number of carbonyl (C=O) groups excluding carboxylic acids is 1. The highest BCUT2D eigenvalue weighted by Crippen LogP contribution is 2.37. The molecule has 132 valence electrons. The van der Waals surface area contributed by atoms with Crippen LogP contribution in [0.15, 0.2) is 60.7 Å². The second kappa shape index (κ2) is 7.22. The van der Waals surface area contributed by atoms with E-state index in [9.17, 15) is 4.79 Å². The molecule has 1 aromatic heterocycles. The molecule has 0 radical (unpaired) electrons. The molecular formula is C21H19NO3S. The lowest BCUT2D eigenvalue weighted by Crippen LogP contribution is -2.25. The van der Waals surface area contributed by atoms with Crippen LogP contribution in [0, 0.1) is 0 Å². The zero-order valence-corrected chi connectivity index (χ0v) is 15.3. The van der Waals surface area contributed by atoms with E-state index in [0.717, 1.165) is 32.4 Å². The first-order valence-electron chi connectivity index (χ1n) is 8.50. The molecule has 5 heteroatoms. The minimum atomic E-state index is 0.0302. The molecule has 4 nitrogen and oxygen atoms in total. The van der Waals surface area contributed by atoms with Crippen LogP contribution in [0.4, 0.5) is 0 Å². The first-order chi connectivity index (χ1) is 12.7. The molecule has 0 unspecified atom stereocenters. The Labute approximate surface area is 156 Å². The molecule has 2 aromatic carbocycles. The summed E-state index contributed by atoms with van der Waals surface area (Å²) in [6, 6.07) is 19.8. The Balaban J connectivity index is 1.51. The summed E-state index contributed by atoms with van der Waals surface area (Å²) in [6.45, 7) is 1.74. The van der Waals surface area contributed by atoms with Crippen LogP contribution in [0.3, 0.4) is 0 Å². The molecule has 0 saturated heterocycles. The van der Waals surface area contributed by atoms with Crippen LogP contribution >= 0.6 is 11.3 Å². The maximum absolute atomic E-state index is 12.7. The minimum absolute atomic E-state index is 0.0302. The molecule has 2 heterocycles. The van der Waals surface area contributed by atoms with E-state index in [1.54, 1.807) is 4.90 Å². The predicted molar refractivity (Wildman–Crippen MR) is 103 cm³/mol. The number of ether oxygens (including phenoxy) is 2. The Kier molecular flexibility index (Phi) is 4.63. The summed E-state index contributed by atoms with van der Waals surface area (Å²) in [7, 11) is 1.83. The number of rotatable bonds is 4. The van der Waals surface area contributed by atoms with Crippen molar-refractivity contribution in [1.82, 2.24) is 4.90 Å². The van der Waals surface area contributed by atoms with Gasteiger partial charge in [0.15, 0.2) is 11.5 Å². The number of benzene rings is 2. The van der Waals surface area contributed by atoms with Crippen molar-refractivity contribution in [2.75, 3.05) is 20.3 Å². The van der Waals surface area contributed by atoms with E-state index in [0.29, 0.717) is 19.8 Å². The smallest absolute Gasteiger partial charge is 0.263 e. The Hall–Kier alpha value is -2.79. The van der Waals surface area contributed by atoms with Gasteiger partial charge < -0.3 is 14.4 Å². The lowest BCUT2D eigenvalue weighted by molar-refractivity contribution is 0.0790. The fraction of sp³-hybridized carbons (Fsp3) is 0.190. The van der Waals surface area contributed by atoms with Crippen molar-refractivity contribution >= 4 is 17.2 Å². The van der Waals surface area contributed by atoms with E-state index in [1.165, 1.54) is 11.3 Å². The fourth-order valence-electron chi connectivity index (χ4n) is 2.92. The van der Waals surface area contributed by atoms with Crippen molar-refractivity contribution in [3.05, 3.63) is 71.1 Å². The van der Waals surface area contributed by atoms with Gasteiger partial charge in [0.2, 0.25) is 0 Å². The lowest BCUT2D eigenvalue weighted by atomic mass is 10.1. The average Bonchev–Trinajstić information content (AvgIpc) is 3.18. The van der Waals surface area contributed by atoms with Gasteiger partial charge in [0, 0.05) is 18.5 Å². The van der Waals surface area contributed by atoms with Gasteiger partial charge in [-0.15, -0.1) is 11.3 Å². The topological polar surface area (TPSA) is 38.8 Å². The Morgan fingerprint density at radius 3 is 2.58 bits per heavy atom. The molecule has 0 bridgehead atoms. The number of hydrogen-bond donors (Lipinski definition) is 0. The van der Waals surface area contributed by atoms with Crippen LogP contribution < -0.4 is 9.47 Å². The van der Waals surface area contributed by atoms with Gasteiger partial charge in [-0.05, 0) is 41.5 Å². The molecule has 3 aromatic rings. The summed E-state index contributed by atoms with van der Waals surface area (Å²) in [5.74, 6) is 1.56. The van der Waals surface area contributed by atoms with E-state index in [1.807, 2.05) is 67.7 Å². The number of hydrogen-bond acceptors (Lipinski definition) is 4. The van der Waals surface area contributed by atoms with Crippen molar-refractivity contribution in [1.29, 1.82) is 0 Å². The third kappa shape index (κ3) is 3.44. The number of amides is 1. The van der Waals surface area contributed by atoms with Crippen molar-refractivity contribution in [2.24, 2.45) is 0 Å². The van der Waals surface area contributed by atoms with Crippen LogP contribution in [0.1, 0.15) is 15.2 Å². The molecule has 0 saturated carbocycles. The molecule has 26 heavy (non-hydrogen) atoms. The molecule has 0 N–H and O–H groups in total. The molecule has 0 atom stereocenters.